The molecule has 0 unspecified atom stereocenters. The summed E-state index contributed by atoms with van der Waals surface area (Å²) in [6.45, 7) is 6.43. The highest BCUT2D eigenvalue weighted by atomic mass is 32.2. The van der Waals surface area contributed by atoms with Gasteiger partial charge in [-0.1, -0.05) is 53.6 Å². The Bertz CT molecular complexity index is 1180. The van der Waals surface area contributed by atoms with Crippen molar-refractivity contribution in [2.24, 2.45) is 0 Å². The molecule has 0 radical (unpaired) electrons. The van der Waals surface area contributed by atoms with Crippen LogP contribution < -0.4 is 5.32 Å². The maximum Gasteiger partial charge on any atom is 0.255 e. The van der Waals surface area contributed by atoms with Gasteiger partial charge in [0.05, 0.1) is 11.3 Å². The first-order chi connectivity index (χ1) is 14.1. The molecule has 3 aromatic rings. The second-order valence-electron chi connectivity index (χ2n) is 7.50. The Morgan fingerprint density at radius 3 is 2.33 bits per heavy atom. The second kappa shape index (κ2) is 8.75. The highest BCUT2D eigenvalue weighted by molar-refractivity contribution is 7.90. The summed E-state index contributed by atoms with van der Waals surface area (Å²) < 4.78 is 23.9. The largest absolute Gasteiger partial charge is 0.352 e. The van der Waals surface area contributed by atoms with Crippen LogP contribution in [0.5, 0.6) is 0 Å². The summed E-state index contributed by atoms with van der Waals surface area (Å²) in [6.07, 6.45) is 3.03. The molecule has 0 spiro atoms. The van der Waals surface area contributed by atoms with Crippen LogP contribution in [0.1, 0.15) is 32.6 Å². The standard InChI is InChI=1S/C23H25N3O3S/c1-15-11-16(2)13-18(12-15)9-10-24-22(27)20-14-25-23(30(4,28)29)26-21(20)19-8-6-5-7-17(19)3/h5-8,11-14H,9-10H2,1-4H3,(H,24,27). The third kappa shape index (κ3) is 5.10. The van der Waals surface area contributed by atoms with Crippen molar-refractivity contribution in [2.75, 3.05) is 12.8 Å². The smallest absolute Gasteiger partial charge is 0.255 e. The number of aromatic nitrogens is 2. The molecule has 1 heterocycles. The lowest BCUT2D eigenvalue weighted by Crippen LogP contribution is -2.27. The van der Waals surface area contributed by atoms with Crippen molar-refractivity contribution in [2.45, 2.75) is 32.3 Å². The Balaban J connectivity index is 1.88. The SMILES string of the molecule is Cc1cc(C)cc(CCNC(=O)c2cnc(S(C)(=O)=O)nc2-c2ccccc2C)c1. The minimum Gasteiger partial charge on any atom is -0.352 e. The first-order valence-corrected chi connectivity index (χ1v) is 11.5. The van der Waals surface area contributed by atoms with Gasteiger partial charge in [0.25, 0.3) is 5.91 Å². The van der Waals surface area contributed by atoms with E-state index in [0.717, 1.165) is 17.4 Å². The van der Waals surface area contributed by atoms with Crippen LogP contribution in [0.2, 0.25) is 0 Å². The van der Waals surface area contributed by atoms with Gasteiger partial charge in [-0.15, -0.1) is 0 Å². The number of nitrogens with zero attached hydrogens (tertiary/aromatic N) is 2. The summed E-state index contributed by atoms with van der Waals surface area (Å²) in [7, 11) is -3.60. The molecule has 156 valence electrons. The van der Waals surface area contributed by atoms with Crippen LogP contribution in [0.15, 0.2) is 53.8 Å². The zero-order chi connectivity index (χ0) is 21.9. The monoisotopic (exact) mass is 423 g/mol. The minimum absolute atomic E-state index is 0.247. The first-order valence-electron chi connectivity index (χ1n) is 9.63. The molecule has 0 fully saturated rings. The normalized spacial score (nSPS) is 11.3. The predicted molar refractivity (Wildman–Crippen MR) is 117 cm³/mol. The van der Waals surface area contributed by atoms with Gasteiger partial charge in [-0.05, 0) is 38.3 Å². The summed E-state index contributed by atoms with van der Waals surface area (Å²) in [4.78, 5) is 21.0. The average Bonchev–Trinajstić information content (AvgIpc) is 2.66. The van der Waals surface area contributed by atoms with Crippen LogP contribution in [-0.4, -0.2) is 37.1 Å². The molecule has 0 saturated carbocycles. The summed E-state index contributed by atoms with van der Waals surface area (Å²) in [5.41, 5.74) is 5.66. The lowest BCUT2D eigenvalue weighted by atomic mass is 10.0. The Morgan fingerprint density at radius 2 is 1.70 bits per heavy atom. The fraction of sp³-hybridized carbons (Fsp3) is 0.261. The van der Waals surface area contributed by atoms with Crippen molar-refractivity contribution in [3.63, 3.8) is 0 Å². The Morgan fingerprint density at radius 1 is 1.03 bits per heavy atom. The van der Waals surface area contributed by atoms with Crippen molar-refractivity contribution in [1.29, 1.82) is 0 Å². The number of nitrogens with one attached hydrogen (secondary N) is 1. The van der Waals surface area contributed by atoms with Crippen LogP contribution in [0.3, 0.4) is 0 Å². The fourth-order valence-corrected chi connectivity index (χ4v) is 3.88. The molecule has 1 amide bonds. The van der Waals surface area contributed by atoms with Crippen molar-refractivity contribution < 1.29 is 13.2 Å². The Kier molecular flexibility index (Phi) is 6.31. The first kappa shape index (κ1) is 21.6. The van der Waals surface area contributed by atoms with Crippen LogP contribution in [0.4, 0.5) is 0 Å². The number of sulfone groups is 1. The average molecular weight is 424 g/mol. The molecule has 3 rings (SSSR count). The van der Waals surface area contributed by atoms with E-state index < -0.39 is 9.84 Å². The molecule has 6 nitrogen and oxygen atoms in total. The van der Waals surface area contributed by atoms with Crippen LogP contribution >= 0.6 is 0 Å². The number of aryl methyl sites for hydroxylation is 3. The molecule has 1 aromatic heterocycles. The van der Waals surface area contributed by atoms with Crippen molar-refractivity contribution in [1.82, 2.24) is 15.3 Å². The van der Waals surface area contributed by atoms with Gasteiger partial charge in [0.2, 0.25) is 15.0 Å². The van der Waals surface area contributed by atoms with Crippen molar-refractivity contribution in [3.8, 4) is 11.3 Å². The van der Waals surface area contributed by atoms with Crippen LogP contribution in [-0.2, 0) is 16.3 Å². The maximum absolute atomic E-state index is 12.9. The van der Waals surface area contributed by atoms with E-state index in [1.54, 1.807) is 0 Å². The zero-order valence-electron chi connectivity index (χ0n) is 17.6. The number of hydrogen-bond acceptors (Lipinski definition) is 5. The van der Waals surface area contributed by atoms with Crippen molar-refractivity contribution in [3.05, 3.63) is 76.5 Å². The van der Waals surface area contributed by atoms with Crippen LogP contribution in [0, 0.1) is 20.8 Å². The molecule has 0 aliphatic carbocycles. The summed E-state index contributed by atoms with van der Waals surface area (Å²) in [6, 6.07) is 13.7. The molecular weight excluding hydrogens is 398 g/mol. The van der Waals surface area contributed by atoms with Gasteiger partial charge >= 0.3 is 0 Å². The molecule has 0 atom stereocenters. The van der Waals surface area contributed by atoms with Gasteiger partial charge in [0, 0.05) is 24.6 Å². The van der Waals surface area contributed by atoms with E-state index >= 15 is 0 Å². The number of rotatable bonds is 6. The third-order valence-corrected chi connectivity index (χ3v) is 5.58. The zero-order valence-corrected chi connectivity index (χ0v) is 18.4. The van der Waals surface area contributed by atoms with E-state index in [0.29, 0.717) is 24.2 Å². The molecule has 0 saturated heterocycles. The summed E-state index contributed by atoms with van der Waals surface area (Å²) >= 11 is 0. The number of carbonyl (C=O) groups is 1. The highest BCUT2D eigenvalue weighted by Gasteiger charge is 2.20. The van der Waals surface area contributed by atoms with Gasteiger partial charge in [0.15, 0.2) is 0 Å². The Labute approximate surface area is 177 Å². The lowest BCUT2D eigenvalue weighted by Gasteiger charge is -2.12. The molecule has 0 bridgehead atoms. The topological polar surface area (TPSA) is 89.0 Å². The Hall–Kier alpha value is -3.06. The molecular formula is C23H25N3O3S. The number of hydrogen-bond donors (Lipinski definition) is 1. The molecule has 0 aliphatic heterocycles. The molecule has 1 N–H and O–H groups in total. The van der Waals surface area contributed by atoms with Gasteiger partial charge in [-0.25, -0.2) is 18.4 Å². The third-order valence-electron chi connectivity index (χ3n) is 4.72. The van der Waals surface area contributed by atoms with E-state index in [9.17, 15) is 13.2 Å². The highest BCUT2D eigenvalue weighted by Crippen LogP contribution is 2.25. The lowest BCUT2D eigenvalue weighted by molar-refractivity contribution is 0.0954. The van der Waals surface area contributed by atoms with E-state index in [2.05, 4.69) is 33.5 Å². The maximum atomic E-state index is 12.9. The van der Waals surface area contributed by atoms with Gasteiger partial charge in [-0.2, -0.15) is 0 Å². The molecule has 0 aliphatic rings. The number of benzene rings is 2. The summed E-state index contributed by atoms with van der Waals surface area (Å²) in [5.74, 6) is -0.335. The number of amides is 1. The van der Waals surface area contributed by atoms with E-state index in [-0.39, 0.29) is 16.6 Å². The number of carbonyl (C=O) groups excluding carboxylic acids is 1. The second-order valence-corrected chi connectivity index (χ2v) is 9.41. The predicted octanol–water partition coefficient (Wildman–Crippen LogP) is 3.44. The van der Waals surface area contributed by atoms with Crippen LogP contribution in [0.25, 0.3) is 11.3 Å². The van der Waals surface area contributed by atoms with Crippen molar-refractivity contribution >= 4 is 15.7 Å². The fourth-order valence-electron chi connectivity index (χ4n) is 3.38. The van der Waals surface area contributed by atoms with E-state index in [1.165, 1.54) is 17.3 Å². The quantitative estimate of drug-likeness (QED) is 0.614. The van der Waals surface area contributed by atoms with Gasteiger partial charge in [0.1, 0.15) is 0 Å². The molecule has 2 aromatic carbocycles. The van der Waals surface area contributed by atoms with E-state index in [1.807, 2.05) is 45.0 Å². The molecule has 7 heteroatoms. The van der Waals surface area contributed by atoms with E-state index in [4.69, 9.17) is 0 Å². The minimum atomic E-state index is -3.60. The van der Waals surface area contributed by atoms with Gasteiger partial charge in [-0.3, -0.25) is 4.79 Å². The molecule has 30 heavy (non-hydrogen) atoms. The van der Waals surface area contributed by atoms with Gasteiger partial charge < -0.3 is 5.32 Å². The summed E-state index contributed by atoms with van der Waals surface area (Å²) in [5, 5.41) is 2.61.